The lowest BCUT2D eigenvalue weighted by Gasteiger charge is -2.36. The highest BCUT2D eigenvalue weighted by Gasteiger charge is 2.33. The molecule has 1 aliphatic heterocycles. The second-order valence-corrected chi connectivity index (χ2v) is 7.36. The molecule has 7 nitrogen and oxygen atoms in total. The number of fused-ring (bicyclic) bond motifs is 1. The maximum atomic E-state index is 12.6. The van der Waals surface area contributed by atoms with E-state index in [1.165, 1.54) is 0 Å². The van der Waals surface area contributed by atoms with Crippen molar-refractivity contribution in [1.29, 1.82) is 0 Å². The van der Waals surface area contributed by atoms with E-state index < -0.39 is 6.29 Å². The maximum Gasteiger partial charge on any atom is 0.227 e. The first-order valence-corrected chi connectivity index (χ1v) is 10.3. The Morgan fingerprint density at radius 1 is 1.21 bits per heavy atom. The first kappa shape index (κ1) is 20.3. The topological polar surface area (TPSA) is 88.2 Å². The van der Waals surface area contributed by atoms with E-state index in [0.717, 1.165) is 48.0 Å². The Hall–Kier alpha value is -2.41. The van der Waals surface area contributed by atoms with Gasteiger partial charge in [0.2, 0.25) is 11.9 Å². The lowest BCUT2D eigenvalue weighted by molar-refractivity contribution is -0.129. The minimum absolute atomic E-state index is 0.00610. The molecular weight excluding hydrogens is 354 g/mol. The van der Waals surface area contributed by atoms with Crippen molar-refractivity contribution in [2.45, 2.75) is 65.7 Å². The van der Waals surface area contributed by atoms with Crippen molar-refractivity contribution < 1.29 is 9.53 Å². The van der Waals surface area contributed by atoms with Gasteiger partial charge in [0.15, 0.2) is 6.29 Å². The van der Waals surface area contributed by atoms with Gasteiger partial charge < -0.3 is 15.4 Å². The minimum atomic E-state index is -0.402. The molecule has 1 aliphatic rings. The van der Waals surface area contributed by atoms with Gasteiger partial charge in [-0.15, -0.1) is 0 Å². The molecule has 0 aliphatic carbocycles. The fraction of sp³-hybridized carbons (Fsp3) is 0.571. The number of hydrogen-bond donors (Lipinski definition) is 3. The summed E-state index contributed by atoms with van der Waals surface area (Å²) >= 11 is 0. The highest BCUT2D eigenvalue weighted by atomic mass is 16.5. The number of benzene rings is 1. The van der Waals surface area contributed by atoms with Gasteiger partial charge in [-0.2, -0.15) is 0 Å². The van der Waals surface area contributed by atoms with Gasteiger partial charge in [0, 0.05) is 11.4 Å². The summed E-state index contributed by atoms with van der Waals surface area (Å²) in [6.07, 6.45) is 3.89. The number of rotatable bonds is 8. The van der Waals surface area contributed by atoms with Crippen molar-refractivity contribution in [3.05, 3.63) is 23.9 Å². The summed E-state index contributed by atoms with van der Waals surface area (Å²) in [7, 11) is 0. The molecule has 2 heterocycles. The number of nitrogens with one attached hydrogen (secondary N) is 3. The van der Waals surface area contributed by atoms with Crippen LogP contribution in [0.4, 0.5) is 5.95 Å². The van der Waals surface area contributed by atoms with E-state index in [2.05, 4.69) is 39.8 Å². The first-order valence-electron chi connectivity index (χ1n) is 10.3. The average Bonchev–Trinajstić information content (AvgIpc) is 2.65. The van der Waals surface area contributed by atoms with E-state index in [1.54, 1.807) is 0 Å². The molecule has 152 valence electrons. The van der Waals surface area contributed by atoms with Gasteiger partial charge in [-0.25, -0.2) is 9.97 Å². The van der Waals surface area contributed by atoms with E-state index in [9.17, 15) is 4.79 Å². The lowest BCUT2D eigenvalue weighted by atomic mass is 9.92. The summed E-state index contributed by atoms with van der Waals surface area (Å²) in [6, 6.07) is 5.93. The molecule has 2 aromatic rings. The van der Waals surface area contributed by atoms with Crippen LogP contribution in [0.1, 0.15) is 52.1 Å². The molecule has 3 unspecified atom stereocenters. The number of amides is 1. The largest absolute Gasteiger partial charge is 0.492 e. The molecule has 3 N–H and O–H groups in total. The van der Waals surface area contributed by atoms with Crippen LogP contribution in [-0.2, 0) is 4.79 Å². The Morgan fingerprint density at radius 3 is 2.75 bits per heavy atom. The second kappa shape index (κ2) is 9.19. The van der Waals surface area contributed by atoms with Crippen LogP contribution in [0.25, 0.3) is 10.9 Å². The fourth-order valence-electron chi connectivity index (χ4n) is 3.72. The van der Waals surface area contributed by atoms with Gasteiger partial charge in [-0.05, 0) is 33.3 Å². The molecule has 0 spiro atoms. The van der Waals surface area contributed by atoms with Gasteiger partial charge in [0.1, 0.15) is 11.3 Å². The van der Waals surface area contributed by atoms with E-state index in [1.807, 2.05) is 32.0 Å². The second-order valence-electron chi connectivity index (χ2n) is 7.36. The summed E-state index contributed by atoms with van der Waals surface area (Å²) in [4.78, 5) is 21.8. The number of nitrogens with zero attached hydrogens (tertiary/aromatic N) is 2. The molecule has 7 heteroatoms. The molecule has 1 aromatic carbocycles. The molecular formula is C21H31N5O2. The van der Waals surface area contributed by atoms with Crippen LogP contribution in [0.5, 0.6) is 5.75 Å². The Labute approximate surface area is 166 Å². The molecule has 1 aromatic heterocycles. The standard InChI is InChI=1S/C21H31N5O2/c1-5-7-8-10-16-14(4)23-21(25-19(16)27)26-20-22-13(3)15-11-9-12-17(28-6-2)18(15)24-20/h9,11-12,14,16,21,23H,5-8,10H2,1-4H3,(H,25,27)(H,22,24,26). The van der Waals surface area contributed by atoms with Crippen LogP contribution in [0, 0.1) is 12.8 Å². The molecule has 0 saturated carbocycles. The van der Waals surface area contributed by atoms with E-state index in [0.29, 0.717) is 12.6 Å². The van der Waals surface area contributed by atoms with Crippen LogP contribution in [-0.4, -0.2) is 34.8 Å². The number of para-hydroxylation sites is 1. The van der Waals surface area contributed by atoms with Crippen LogP contribution in [0.15, 0.2) is 18.2 Å². The minimum Gasteiger partial charge on any atom is -0.492 e. The first-order chi connectivity index (χ1) is 13.5. The third kappa shape index (κ3) is 4.52. The molecule has 1 fully saturated rings. The van der Waals surface area contributed by atoms with Gasteiger partial charge in [-0.3, -0.25) is 10.1 Å². The van der Waals surface area contributed by atoms with Gasteiger partial charge in [0.05, 0.1) is 18.2 Å². The number of unbranched alkanes of at least 4 members (excludes halogenated alkanes) is 2. The van der Waals surface area contributed by atoms with Crippen LogP contribution in [0.3, 0.4) is 0 Å². The molecule has 3 atom stereocenters. The van der Waals surface area contributed by atoms with Gasteiger partial charge >= 0.3 is 0 Å². The predicted octanol–water partition coefficient (Wildman–Crippen LogP) is 3.34. The highest BCUT2D eigenvalue weighted by molar-refractivity contribution is 5.87. The number of ether oxygens (including phenoxy) is 1. The number of hydrogen-bond acceptors (Lipinski definition) is 6. The van der Waals surface area contributed by atoms with Gasteiger partial charge in [-0.1, -0.05) is 38.3 Å². The number of anilines is 1. The molecule has 1 saturated heterocycles. The molecule has 1 amide bonds. The SMILES string of the molecule is CCCCCC1C(=O)NC(Nc2nc(C)c3cccc(OCC)c3n2)NC1C. The summed E-state index contributed by atoms with van der Waals surface area (Å²) < 4.78 is 5.71. The summed E-state index contributed by atoms with van der Waals surface area (Å²) in [6.45, 7) is 8.70. The predicted molar refractivity (Wildman–Crippen MR) is 111 cm³/mol. The van der Waals surface area contributed by atoms with Crippen molar-refractivity contribution in [2.24, 2.45) is 5.92 Å². The monoisotopic (exact) mass is 385 g/mol. The lowest BCUT2D eigenvalue weighted by Crippen LogP contribution is -2.63. The Morgan fingerprint density at radius 2 is 2.04 bits per heavy atom. The number of aryl methyl sites for hydroxylation is 1. The zero-order valence-corrected chi connectivity index (χ0v) is 17.2. The zero-order valence-electron chi connectivity index (χ0n) is 17.2. The van der Waals surface area contributed by atoms with Crippen molar-refractivity contribution >= 4 is 22.8 Å². The van der Waals surface area contributed by atoms with Crippen molar-refractivity contribution in [2.75, 3.05) is 11.9 Å². The normalized spacial score (nSPS) is 22.1. The summed E-state index contributed by atoms with van der Waals surface area (Å²) in [5.74, 6) is 1.27. The molecule has 28 heavy (non-hydrogen) atoms. The Kier molecular flexibility index (Phi) is 6.67. The van der Waals surface area contributed by atoms with Crippen molar-refractivity contribution in [3.8, 4) is 5.75 Å². The fourth-order valence-corrected chi connectivity index (χ4v) is 3.72. The highest BCUT2D eigenvalue weighted by Crippen LogP contribution is 2.27. The average molecular weight is 386 g/mol. The van der Waals surface area contributed by atoms with Crippen molar-refractivity contribution in [3.63, 3.8) is 0 Å². The quantitative estimate of drug-likeness (QED) is 0.604. The molecule has 3 rings (SSSR count). The third-order valence-corrected chi connectivity index (χ3v) is 5.23. The van der Waals surface area contributed by atoms with E-state index in [-0.39, 0.29) is 17.9 Å². The Balaban J connectivity index is 1.74. The summed E-state index contributed by atoms with van der Waals surface area (Å²) in [5, 5.41) is 10.6. The number of aromatic nitrogens is 2. The van der Waals surface area contributed by atoms with E-state index >= 15 is 0 Å². The molecule has 0 radical (unpaired) electrons. The summed E-state index contributed by atoms with van der Waals surface area (Å²) in [5.41, 5.74) is 1.63. The van der Waals surface area contributed by atoms with Crippen LogP contribution >= 0.6 is 0 Å². The van der Waals surface area contributed by atoms with Crippen LogP contribution in [0.2, 0.25) is 0 Å². The smallest absolute Gasteiger partial charge is 0.227 e. The zero-order chi connectivity index (χ0) is 20.1. The number of carbonyl (C=O) groups excluding carboxylic acids is 1. The maximum absolute atomic E-state index is 12.6. The van der Waals surface area contributed by atoms with Crippen molar-refractivity contribution in [1.82, 2.24) is 20.6 Å². The van der Waals surface area contributed by atoms with Crippen LogP contribution < -0.4 is 20.7 Å². The van der Waals surface area contributed by atoms with Gasteiger partial charge in [0.25, 0.3) is 0 Å². The van der Waals surface area contributed by atoms with E-state index in [4.69, 9.17) is 4.74 Å². The molecule has 0 bridgehead atoms. The Bertz CT molecular complexity index is 826. The third-order valence-electron chi connectivity index (χ3n) is 5.23. The number of carbonyl (C=O) groups is 1.